The van der Waals surface area contributed by atoms with Gasteiger partial charge < -0.3 is 4.57 Å². The molecule has 0 unspecified atom stereocenters. The van der Waals surface area contributed by atoms with Gasteiger partial charge in [-0.15, -0.1) is 0 Å². The molecule has 0 aliphatic rings. The molecule has 0 saturated heterocycles. The van der Waals surface area contributed by atoms with Crippen molar-refractivity contribution in [1.29, 1.82) is 0 Å². The molecule has 2 aromatic heterocycles. The zero-order valence-corrected chi connectivity index (χ0v) is 15.3. The van der Waals surface area contributed by atoms with Gasteiger partial charge in [0.15, 0.2) is 11.2 Å². The van der Waals surface area contributed by atoms with Crippen LogP contribution in [0.15, 0.2) is 59.7 Å². The molecule has 0 N–H and O–H groups in total. The fraction of sp³-hybridized carbons (Fsp3) is 0.150. The Hall–Kier alpha value is -2.99. The van der Waals surface area contributed by atoms with Crippen LogP contribution in [-0.4, -0.2) is 19.1 Å². The van der Waals surface area contributed by atoms with Crippen LogP contribution in [0.5, 0.6) is 0 Å². The van der Waals surface area contributed by atoms with Gasteiger partial charge in [-0.3, -0.25) is 9.36 Å². The number of hydrogen-bond acceptors (Lipinski definition) is 3. The minimum Gasteiger partial charge on any atom is -0.316 e. The van der Waals surface area contributed by atoms with Crippen LogP contribution in [0.1, 0.15) is 18.3 Å². The largest absolute Gasteiger partial charge is 0.316 e. The zero-order valence-electron chi connectivity index (χ0n) is 14.6. The second-order valence-electron chi connectivity index (χ2n) is 6.12. The van der Waals surface area contributed by atoms with E-state index in [4.69, 9.17) is 11.6 Å². The van der Waals surface area contributed by atoms with Gasteiger partial charge in [-0.25, -0.2) is 9.37 Å². The van der Waals surface area contributed by atoms with E-state index in [0.717, 1.165) is 5.56 Å². The first-order chi connectivity index (χ1) is 13.1. The van der Waals surface area contributed by atoms with Crippen LogP contribution in [0.3, 0.4) is 0 Å². The maximum atomic E-state index is 13.5. The number of imidazole rings is 1. The Morgan fingerprint density at radius 3 is 2.56 bits per heavy atom. The van der Waals surface area contributed by atoms with Gasteiger partial charge in [0.25, 0.3) is 0 Å². The first kappa shape index (κ1) is 17.4. The summed E-state index contributed by atoms with van der Waals surface area (Å²) in [5.74, 6) is 0.183. The van der Waals surface area contributed by atoms with Crippen molar-refractivity contribution < 1.29 is 4.39 Å². The highest BCUT2D eigenvalue weighted by Gasteiger charge is 2.18. The van der Waals surface area contributed by atoms with Crippen LogP contribution in [0.2, 0.25) is 5.02 Å². The van der Waals surface area contributed by atoms with Crippen LogP contribution >= 0.6 is 11.6 Å². The molecule has 2 heterocycles. The third-order valence-electron chi connectivity index (χ3n) is 4.45. The van der Waals surface area contributed by atoms with E-state index in [9.17, 15) is 9.18 Å². The van der Waals surface area contributed by atoms with Crippen LogP contribution in [-0.2, 0) is 13.0 Å². The fourth-order valence-electron chi connectivity index (χ4n) is 3.13. The average molecular weight is 383 g/mol. The van der Waals surface area contributed by atoms with Crippen molar-refractivity contribution in [3.05, 3.63) is 87.4 Å². The lowest BCUT2D eigenvalue weighted by Crippen LogP contribution is -2.20. The summed E-state index contributed by atoms with van der Waals surface area (Å²) in [5.41, 5.74) is 2.07. The molecular formula is C20H16ClFN4O. The molecule has 7 heteroatoms. The molecule has 0 fully saturated rings. The van der Waals surface area contributed by atoms with Gasteiger partial charge in [0.05, 0.1) is 6.33 Å². The summed E-state index contributed by atoms with van der Waals surface area (Å²) in [4.78, 5) is 21.0. The van der Waals surface area contributed by atoms with Gasteiger partial charge >= 0.3 is 5.56 Å². The van der Waals surface area contributed by atoms with Crippen LogP contribution in [0.4, 0.5) is 4.39 Å². The van der Waals surface area contributed by atoms with Crippen molar-refractivity contribution in [2.45, 2.75) is 19.9 Å². The topological polar surface area (TPSA) is 52.7 Å². The van der Waals surface area contributed by atoms with E-state index in [0.29, 0.717) is 35.1 Å². The maximum absolute atomic E-state index is 13.5. The lowest BCUT2D eigenvalue weighted by molar-refractivity contribution is 0.627. The van der Waals surface area contributed by atoms with E-state index >= 15 is 0 Å². The third kappa shape index (κ3) is 3.13. The van der Waals surface area contributed by atoms with Crippen molar-refractivity contribution in [1.82, 2.24) is 19.1 Å². The van der Waals surface area contributed by atoms with Crippen LogP contribution in [0, 0.1) is 5.82 Å². The van der Waals surface area contributed by atoms with E-state index in [-0.39, 0.29) is 11.3 Å². The van der Waals surface area contributed by atoms with Gasteiger partial charge in [-0.2, -0.15) is 4.98 Å². The average Bonchev–Trinajstić information content (AvgIpc) is 3.09. The number of aromatic nitrogens is 4. The number of benzene rings is 2. The van der Waals surface area contributed by atoms with Gasteiger partial charge in [0.1, 0.15) is 11.6 Å². The molecule has 0 radical (unpaired) electrons. The predicted octanol–water partition coefficient (Wildman–Crippen LogP) is 3.99. The van der Waals surface area contributed by atoms with Crippen LogP contribution < -0.4 is 5.56 Å². The highest BCUT2D eigenvalue weighted by atomic mass is 35.5. The molecule has 5 nitrogen and oxygen atoms in total. The summed E-state index contributed by atoms with van der Waals surface area (Å²) in [7, 11) is 0. The van der Waals surface area contributed by atoms with Crippen LogP contribution in [0.25, 0.3) is 16.9 Å². The zero-order chi connectivity index (χ0) is 19.0. The van der Waals surface area contributed by atoms with Crippen molar-refractivity contribution in [3.63, 3.8) is 0 Å². The lowest BCUT2D eigenvalue weighted by atomic mass is 10.1. The Bertz CT molecular complexity index is 1180. The van der Waals surface area contributed by atoms with E-state index in [1.54, 1.807) is 24.5 Å². The summed E-state index contributed by atoms with van der Waals surface area (Å²) >= 11 is 6.31. The van der Waals surface area contributed by atoms with E-state index in [2.05, 4.69) is 9.97 Å². The van der Waals surface area contributed by atoms with Crippen molar-refractivity contribution in [3.8, 4) is 5.69 Å². The number of aryl methyl sites for hydroxylation is 1. The van der Waals surface area contributed by atoms with E-state index in [1.165, 1.54) is 12.1 Å². The Morgan fingerprint density at radius 1 is 1.11 bits per heavy atom. The maximum Gasteiger partial charge on any atom is 0.301 e. The first-order valence-corrected chi connectivity index (χ1v) is 8.92. The minimum atomic E-state index is -0.391. The predicted molar refractivity (Wildman–Crippen MR) is 103 cm³/mol. The quantitative estimate of drug-likeness (QED) is 0.536. The smallest absolute Gasteiger partial charge is 0.301 e. The van der Waals surface area contributed by atoms with Crippen molar-refractivity contribution in [2.24, 2.45) is 0 Å². The van der Waals surface area contributed by atoms with Gasteiger partial charge in [-0.05, 0) is 42.8 Å². The van der Waals surface area contributed by atoms with Gasteiger partial charge in [0.2, 0.25) is 0 Å². The number of fused-ring (bicyclic) bond motifs is 1. The minimum absolute atomic E-state index is 0.282. The second kappa shape index (κ2) is 6.96. The molecule has 0 saturated carbocycles. The second-order valence-corrected chi connectivity index (χ2v) is 6.52. The highest BCUT2D eigenvalue weighted by Crippen LogP contribution is 2.23. The first-order valence-electron chi connectivity index (χ1n) is 8.54. The molecule has 0 aliphatic heterocycles. The fourth-order valence-corrected chi connectivity index (χ4v) is 3.33. The normalized spacial score (nSPS) is 11.2. The molecule has 4 rings (SSSR count). The Balaban J connectivity index is 2.02. The molecule has 0 spiro atoms. The molecule has 0 aliphatic carbocycles. The SMILES string of the molecule is CCn1cnc2c(=O)nc(Cc3ccccc3Cl)n(-c3ccc(F)cc3)c21. The van der Waals surface area contributed by atoms with E-state index in [1.807, 2.05) is 34.3 Å². The molecule has 4 aromatic rings. The lowest BCUT2D eigenvalue weighted by Gasteiger charge is -2.16. The Morgan fingerprint density at radius 2 is 1.85 bits per heavy atom. The number of rotatable bonds is 4. The van der Waals surface area contributed by atoms with E-state index < -0.39 is 5.56 Å². The summed E-state index contributed by atoms with van der Waals surface area (Å²) in [5, 5.41) is 0.599. The summed E-state index contributed by atoms with van der Waals surface area (Å²) in [6.07, 6.45) is 1.98. The summed E-state index contributed by atoms with van der Waals surface area (Å²) < 4.78 is 17.2. The standard InChI is InChI=1S/C20H16ClFN4O/c1-2-25-12-23-18-19(27)24-17(11-13-5-3-4-6-16(13)21)26(20(18)25)15-9-7-14(22)8-10-15/h3-10,12H,2,11H2,1H3. The Labute approximate surface area is 159 Å². The molecule has 27 heavy (non-hydrogen) atoms. The number of nitrogens with zero attached hydrogens (tertiary/aromatic N) is 4. The molecule has 0 atom stereocenters. The summed E-state index contributed by atoms with van der Waals surface area (Å²) in [6.45, 7) is 2.60. The van der Waals surface area contributed by atoms with Crippen molar-refractivity contribution in [2.75, 3.05) is 0 Å². The number of hydrogen-bond donors (Lipinski definition) is 0. The molecule has 0 bridgehead atoms. The monoisotopic (exact) mass is 382 g/mol. The number of halogens is 2. The molecule has 0 amide bonds. The Kier molecular flexibility index (Phi) is 4.49. The van der Waals surface area contributed by atoms with Gasteiger partial charge in [0, 0.05) is 23.7 Å². The highest BCUT2D eigenvalue weighted by molar-refractivity contribution is 6.31. The van der Waals surface area contributed by atoms with Crippen molar-refractivity contribution >= 4 is 22.8 Å². The molecule has 136 valence electrons. The van der Waals surface area contributed by atoms with Gasteiger partial charge in [-0.1, -0.05) is 29.8 Å². The summed E-state index contributed by atoms with van der Waals surface area (Å²) in [6, 6.07) is 13.5. The molecular weight excluding hydrogens is 367 g/mol. The third-order valence-corrected chi connectivity index (χ3v) is 4.81. The molecule has 2 aromatic carbocycles.